The summed E-state index contributed by atoms with van der Waals surface area (Å²) in [6.45, 7) is 5.10. The molecule has 1 aliphatic carbocycles. The molecular formula is C26H33N3O5S2. The molecule has 1 aromatic carbocycles. The maximum atomic E-state index is 13.7. The lowest BCUT2D eigenvalue weighted by molar-refractivity contribution is 0.0281. The molecule has 0 unspecified atom stereocenters. The number of benzene rings is 1. The Kier molecular flexibility index (Phi) is 6.10. The summed E-state index contributed by atoms with van der Waals surface area (Å²) in [4.78, 5) is 4.36. The van der Waals surface area contributed by atoms with Crippen LogP contribution in [0, 0.1) is 5.41 Å². The molecule has 0 N–H and O–H groups in total. The van der Waals surface area contributed by atoms with Gasteiger partial charge in [-0.1, -0.05) is 0 Å². The average molecular weight is 532 g/mol. The third-order valence-electron chi connectivity index (χ3n) is 7.82. The van der Waals surface area contributed by atoms with Crippen molar-refractivity contribution in [3.63, 3.8) is 0 Å². The Morgan fingerprint density at radius 2 is 1.64 bits per heavy atom. The molecule has 5 rings (SSSR count). The van der Waals surface area contributed by atoms with Crippen LogP contribution in [-0.2, 0) is 24.8 Å². The molecule has 1 saturated carbocycles. The number of hydrogen-bond acceptors (Lipinski definition) is 6. The van der Waals surface area contributed by atoms with Crippen molar-refractivity contribution >= 4 is 30.9 Å². The van der Waals surface area contributed by atoms with E-state index in [-0.39, 0.29) is 26.7 Å². The summed E-state index contributed by atoms with van der Waals surface area (Å²) in [5.74, 6) is 0.245. The molecule has 0 amide bonds. The fourth-order valence-corrected chi connectivity index (χ4v) is 8.19. The third-order valence-corrected chi connectivity index (χ3v) is 11.3. The zero-order valence-corrected chi connectivity index (χ0v) is 22.8. The zero-order valence-electron chi connectivity index (χ0n) is 21.1. The van der Waals surface area contributed by atoms with Gasteiger partial charge < -0.3 is 4.74 Å². The Morgan fingerprint density at radius 3 is 2.22 bits per heavy atom. The Balaban J connectivity index is 1.48. The number of pyridine rings is 1. The minimum absolute atomic E-state index is 0.0356. The zero-order chi connectivity index (χ0) is 25.9. The van der Waals surface area contributed by atoms with Gasteiger partial charge in [-0.3, -0.25) is 4.98 Å². The minimum Gasteiger partial charge on any atom is -0.375 e. The highest BCUT2D eigenvalue weighted by atomic mass is 32.2. The second-order valence-corrected chi connectivity index (χ2v) is 15.0. The van der Waals surface area contributed by atoms with Crippen molar-refractivity contribution in [2.75, 3.05) is 20.7 Å². The number of ether oxygens (including phenoxy) is 1. The van der Waals surface area contributed by atoms with E-state index in [9.17, 15) is 16.8 Å². The molecule has 194 valence electrons. The normalized spacial score (nSPS) is 24.6. The SMILES string of the molecule is CN(C)S(=O)(=O)c1ccc(S(=O)(=O)n2cc([C@H]3CC[C@]4(CC3)COC(C)(C)C4)c3cnccc32)cc1. The van der Waals surface area contributed by atoms with Crippen molar-refractivity contribution in [2.24, 2.45) is 5.41 Å². The van der Waals surface area contributed by atoms with E-state index in [0.29, 0.717) is 5.52 Å². The maximum Gasteiger partial charge on any atom is 0.268 e. The van der Waals surface area contributed by atoms with Crippen LogP contribution in [0.15, 0.2) is 58.7 Å². The van der Waals surface area contributed by atoms with Gasteiger partial charge in [0, 0.05) is 38.1 Å². The summed E-state index contributed by atoms with van der Waals surface area (Å²) in [5, 5.41) is 0.844. The number of nitrogens with zero attached hydrogens (tertiary/aromatic N) is 3. The van der Waals surface area contributed by atoms with Crippen LogP contribution in [-0.4, -0.2) is 56.4 Å². The number of fused-ring (bicyclic) bond motifs is 1. The number of aromatic nitrogens is 2. The van der Waals surface area contributed by atoms with Crippen molar-refractivity contribution in [2.45, 2.75) is 67.3 Å². The Morgan fingerprint density at radius 1 is 1.00 bits per heavy atom. The van der Waals surface area contributed by atoms with E-state index >= 15 is 0 Å². The minimum atomic E-state index is -3.94. The summed E-state index contributed by atoms with van der Waals surface area (Å²) < 4.78 is 60.6. The third kappa shape index (κ3) is 4.27. The van der Waals surface area contributed by atoms with Crippen molar-refractivity contribution < 1.29 is 21.6 Å². The molecule has 8 nitrogen and oxygen atoms in total. The van der Waals surface area contributed by atoms with Gasteiger partial charge in [-0.15, -0.1) is 0 Å². The smallest absolute Gasteiger partial charge is 0.268 e. The molecule has 2 aromatic heterocycles. The second-order valence-electron chi connectivity index (χ2n) is 11.0. The summed E-state index contributed by atoms with van der Waals surface area (Å²) in [7, 11) is -4.71. The van der Waals surface area contributed by atoms with Gasteiger partial charge in [0.05, 0.1) is 27.5 Å². The first-order valence-electron chi connectivity index (χ1n) is 12.2. The molecule has 3 aromatic rings. The molecule has 1 aliphatic heterocycles. The lowest BCUT2D eigenvalue weighted by Gasteiger charge is -2.36. The molecule has 0 bridgehead atoms. The van der Waals surface area contributed by atoms with Crippen LogP contribution in [0.3, 0.4) is 0 Å². The molecule has 0 atom stereocenters. The highest BCUT2D eigenvalue weighted by Crippen LogP contribution is 2.52. The molecule has 3 heterocycles. The van der Waals surface area contributed by atoms with E-state index in [1.54, 1.807) is 24.7 Å². The largest absolute Gasteiger partial charge is 0.375 e. The second kappa shape index (κ2) is 8.65. The van der Waals surface area contributed by atoms with Crippen LogP contribution in [0.5, 0.6) is 0 Å². The monoisotopic (exact) mass is 531 g/mol. The van der Waals surface area contributed by atoms with Crippen molar-refractivity contribution in [3.8, 4) is 0 Å². The van der Waals surface area contributed by atoms with Gasteiger partial charge in [0.2, 0.25) is 10.0 Å². The van der Waals surface area contributed by atoms with E-state index in [4.69, 9.17) is 4.74 Å². The number of hydrogen-bond donors (Lipinski definition) is 0. The molecule has 2 fully saturated rings. The van der Waals surface area contributed by atoms with Gasteiger partial charge in [-0.25, -0.2) is 25.1 Å². The lowest BCUT2D eigenvalue weighted by Crippen LogP contribution is -2.28. The molecular weight excluding hydrogens is 498 g/mol. The first-order chi connectivity index (χ1) is 16.8. The van der Waals surface area contributed by atoms with Crippen LogP contribution in [0.25, 0.3) is 10.9 Å². The topological polar surface area (TPSA) is 98.6 Å². The van der Waals surface area contributed by atoms with Gasteiger partial charge in [-0.05, 0) is 93.2 Å². The van der Waals surface area contributed by atoms with Gasteiger partial charge in [0.25, 0.3) is 10.0 Å². The molecule has 0 radical (unpaired) electrons. The van der Waals surface area contributed by atoms with E-state index in [1.165, 1.54) is 42.3 Å². The van der Waals surface area contributed by atoms with Crippen LogP contribution in [0.2, 0.25) is 0 Å². The van der Waals surface area contributed by atoms with E-state index in [2.05, 4.69) is 18.8 Å². The summed E-state index contributed by atoms with van der Waals surface area (Å²) in [5.41, 5.74) is 1.72. The van der Waals surface area contributed by atoms with Gasteiger partial charge in [0.1, 0.15) is 0 Å². The number of sulfonamides is 1. The van der Waals surface area contributed by atoms with Crippen LogP contribution in [0.1, 0.15) is 57.4 Å². The van der Waals surface area contributed by atoms with Crippen LogP contribution in [0.4, 0.5) is 0 Å². The molecule has 2 aliphatic rings. The van der Waals surface area contributed by atoms with Crippen molar-refractivity contribution in [1.29, 1.82) is 0 Å². The van der Waals surface area contributed by atoms with Crippen molar-refractivity contribution in [1.82, 2.24) is 13.3 Å². The van der Waals surface area contributed by atoms with E-state index < -0.39 is 20.0 Å². The molecule has 36 heavy (non-hydrogen) atoms. The average Bonchev–Trinajstić information content (AvgIpc) is 3.37. The fraction of sp³-hybridized carbons (Fsp3) is 0.500. The predicted octanol–water partition coefficient (Wildman–Crippen LogP) is 4.37. The molecule has 1 saturated heterocycles. The first-order valence-corrected chi connectivity index (χ1v) is 15.1. The maximum absolute atomic E-state index is 13.7. The Hall–Kier alpha value is -2.27. The van der Waals surface area contributed by atoms with Gasteiger partial charge >= 0.3 is 0 Å². The van der Waals surface area contributed by atoms with Gasteiger partial charge in [0.15, 0.2) is 0 Å². The molecule has 1 spiro atoms. The predicted molar refractivity (Wildman–Crippen MR) is 138 cm³/mol. The van der Waals surface area contributed by atoms with E-state index in [1.807, 2.05) is 0 Å². The number of rotatable bonds is 5. The first kappa shape index (κ1) is 25.4. The van der Waals surface area contributed by atoms with Crippen molar-refractivity contribution in [3.05, 3.63) is 54.5 Å². The summed E-state index contributed by atoms with van der Waals surface area (Å²) >= 11 is 0. The van der Waals surface area contributed by atoms with Gasteiger partial charge in [-0.2, -0.15) is 0 Å². The summed E-state index contributed by atoms with van der Waals surface area (Å²) in [6.07, 6.45) is 10.2. The van der Waals surface area contributed by atoms with Crippen LogP contribution >= 0.6 is 0 Å². The Labute approximate surface area is 213 Å². The fourth-order valence-electron chi connectivity index (χ4n) is 5.92. The quantitative estimate of drug-likeness (QED) is 0.485. The Bertz CT molecular complexity index is 1500. The highest BCUT2D eigenvalue weighted by Gasteiger charge is 2.46. The van der Waals surface area contributed by atoms with E-state index in [0.717, 1.165) is 54.0 Å². The standard InChI is InChI=1S/C26H33N3O5S2/c1-25(2)17-26(18-34-25)12-9-19(10-13-26)23-16-29(24-11-14-27-15-22(23)24)36(32,33)21-7-5-20(6-8-21)35(30,31)28(3)4/h5-8,11,14-16,19H,9-10,12-13,17-18H2,1-4H3/t19-,26+. The lowest BCUT2D eigenvalue weighted by atomic mass is 9.67. The highest BCUT2D eigenvalue weighted by molar-refractivity contribution is 7.90. The molecule has 10 heteroatoms. The van der Waals surface area contributed by atoms with Crippen LogP contribution < -0.4 is 0 Å². The summed E-state index contributed by atoms with van der Waals surface area (Å²) in [6, 6.07) is 7.10.